The van der Waals surface area contributed by atoms with E-state index in [1.165, 1.54) is 0 Å². The number of hydrogen-bond donors (Lipinski definition) is 1. The van der Waals surface area contributed by atoms with Crippen molar-refractivity contribution < 1.29 is 31.0 Å². The molecule has 5 heavy (non-hydrogen) atoms. The predicted octanol–water partition coefficient (Wildman–Crippen LogP) is -2.92. The van der Waals surface area contributed by atoms with Crippen molar-refractivity contribution >= 4 is 27.3 Å². The van der Waals surface area contributed by atoms with Crippen molar-refractivity contribution in [3.63, 3.8) is 0 Å². The fourth-order valence-electron chi connectivity index (χ4n) is 0. The first-order valence-corrected chi connectivity index (χ1v) is 0.424. The van der Waals surface area contributed by atoms with E-state index < -0.39 is 0 Å². The van der Waals surface area contributed by atoms with Gasteiger partial charge in [0.1, 0.15) is 0 Å². The van der Waals surface area contributed by atoms with E-state index in [4.69, 9.17) is 11.1 Å². The van der Waals surface area contributed by atoms with Gasteiger partial charge in [-0.05, 0) is 10.4 Å². The Morgan fingerprint density at radius 1 is 1.80 bits per heavy atom. The summed E-state index contributed by atoms with van der Waals surface area (Å²) in [4.78, 5) is 1.75. The van der Waals surface area contributed by atoms with Gasteiger partial charge in [-0.1, -0.05) is 0 Å². The Balaban J connectivity index is -0.00000000667. The van der Waals surface area contributed by atoms with Crippen molar-refractivity contribution in [2.24, 2.45) is 0 Å². The first-order valence-electron chi connectivity index (χ1n) is 0.424. The Morgan fingerprint density at radius 2 is 1.80 bits per heavy atom. The summed E-state index contributed by atoms with van der Waals surface area (Å²) in [5.41, 5.74) is 12.2. The van der Waals surface area contributed by atoms with Crippen LogP contribution < -0.4 is 29.6 Å². The van der Waals surface area contributed by atoms with Gasteiger partial charge < -0.3 is 1.43 Å². The van der Waals surface area contributed by atoms with Gasteiger partial charge >= 0.3 is 56.9 Å². The molecular weight excluding hydrogens is 272 g/mol. The van der Waals surface area contributed by atoms with Crippen molar-refractivity contribution in [2.75, 3.05) is 0 Å². The zero-order valence-corrected chi connectivity index (χ0v) is 10.6. The third kappa shape index (κ3) is 36.0. The molecule has 0 heterocycles. The van der Waals surface area contributed by atoms with E-state index >= 15 is 0 Å². The number of hydrogen-bond acceptors (Lipinski definition) is 1. The number of nitrogens with zero attached hydrogens (tertiary/aromatic N) is 2. The van der Waals surface area contributed by atoms with Crippen LogP contribution in [0.15, 0.2) is 0 Å². The van der Waals surface area contributed by atoms with Gasteiger partial charge in [-0.25, -0.2) is 0 Å². The first-order chi connectivity index (χ1) is 1.41. The van der Waals surface area contributed by atoms with Crippen molar-refractivity contribution in [2.45, 2.75) is 0 Å². The second-order valence-corrected chi connectivity index (χ2v) is 0.100. The molecule has 0 aliphatic rings. The van der Waals surface area contributed by atoms with Gasteiger partial charge in [0.15, 0.2) is 0 Å². The SMILES string of the molecule is [H-].[N-]=[N+]=N.[Na+].[PbH2]. The molecule has 0 aromatic rings. The Labute approximate surface area is 73.5 Å². The van der Waals surface area contributed by atoms with Gasteiger partial charge in [-0.2, -0.15) is 0 Å². The summed E-state index contributed by atoms with van der Waals surface area (Å²) in [5.74, 6) is 0. The first kappa shape index (κ1) is 16.3. The summed E-state index contributed by atoms with van der Waals surface area (Å²) in [6.07, 6.45) is 0. The fraction of sp³-hybridized carbons (Fsp3) is 0. The molecule has 0 saturated heterocycles. The standard InChI is InChI=1S/HN3.Na.Pb.3H/c1-3-2;;;;;/h1H;;;;;/q;+1;;;;-1. The minimum absolute atomic E-state index is 0. The van der Waals surface area contributed by atoms with Gasteiger partial charge in [0.25, 0.3) is 0 Å². The van der Waals surface area contributed by atoms with E-state index in [1.807, 2.05) is 0 Å². The van der Waals surface area contributed by atoms with Crippen LogP contribution in [0.5, 0.6) is 0 Å². The van der Waals surface area contributed by atoms with E-state index in [2.05, 4.69) is 0 Å². The van der Waals surface area contributed by atoms with Crippen LogP contribution in [0.1, 0.15) is 1.43 Å². The normalized spacial score (nSPS) is 1.60. The van der Waals surface area contributed by atoms with E-state index in [0.717, 1.165) is 0 Å². The molecule has 0 spiro atoms. The summed E-state index contributed by atoms with van der Waals surface area (Å²) in [5, 5.41) is 0. The summed E-state index contributed by atoms with van der Waals surface area (Å²) in [7, 11) is 0. The zero-order chi connectivity index (χ0) is 2.71. The van der Waals surface area contributed by atoms with Crippen LogP contribution in [-0.2, 0) is 0 Å². The molecule has 0 unspecified atom stereocenters. The van der Waals surface area contributed by atoms with Gasteiger partial charge in [-0.3, -0.25) is 0 Å². The second-order valence-electron chi connectivity index (χ2n) is 0.100. The molecule has 5 heteroatoms. The molecule has 0 atom stereocenters. The van der Waals surface area contributed by atoms with Crippen molar-refractivity contribution in [1.29, 1.82) is 5.53 Å². The molecule has 24 valence electrons. The molecule has 0 saturated carbocycles. The topological polar surface area (TPSA) is 60.3 Å². The molecule has 0 aliphatic heterocycles. The van der Waals surface area contributed by atoms with Crippen LogP contribution in [0.4, 0.5) is 0 Å². The summed E-state index contributed by atoms with van der Waals surface area (Å²) >= 11 is 0. The van der Waals surface area contributed by atoms with Crippen molar-refractivity contribution in [1.82, 2.24) is 0 Å². The summed E-state index contributed by atoms with van der Waals surface area (Å²) < 4.78 is 0. The summed E-state index contributed by atoms with van der Waals surface area (Å²) in [6.45, 7) is 0. The molecule has 2 radical (unpaired) electrons. The van der Waals surface area contributed by atoms with Crippen LogP contribution >= 0.6 is 0 Å². The van der Waals surface area contributed by atoms with Crippen LogP contribution in [-0.4, -0.2) is 27.3 Å². The fourth-order valence-corrected chi connectivity index (χ4v) is 0. The Bertz CT molecular complexity index is 31.8. The maximum absolute atomic E-state index is 6.86. The monoisotopic (exact) mass is 277 g/mol. The Morgan fingerprint density at radius 3 is 1.80 bits per heavy atom. The Kier molecular flexibility index (Phi) is 61.4. The van der Waals surface area contributed by atoms with Crippen LogP contribution in [0.25, 0.3) is 10.4 Å². The predicted molar refractivity (Wildman–Crippen MR) is 19.1 cm³/mol. The second kappa shape index (κ2) is 18.8. The molecule has 0 aromatic carbocycles. The van der Waals surface area contributed by atoms with Crippen molar-refractivity contribution in [3.05, 3.63) is 10.4 Å². The van der Waals surface area contributed by atoms with Crippen LogP contribution in [0, 0.1) is 5.53 Å². The molecule has 0 aromatic heterocycles. The quantitative estimate of drug-likeness (QED) is 0.213. The van der Waals surface area contributed by atoms with Gasteiger partial charge in [0, 0.05) is 0 Å². The zero-order valence-electron chi connectivity index (χ0n) is 4.10. The minimum atomic E-state index is 0. The van der Waals surface area contributed by atoms with Crippen LogP contribution in [0.3, 0.4) is 0 Å². The third-order valence-corrected chi connectivity index (χ3v) is 0. The Hall–Kier alpha value is 1.23. The molecule has 0 amide bonds. The average molecular weight is 276 g/mol. The molecule has 0 aliphatic carbocycles. The van der Waals surface area contributed by atoms with Crippen molar-refractivity contribution in [3.8, 4) is 0 Å². The van der Waals surface area contributed by atoms with Gasteiger partial charge in [-0.15, -0.1) is 5.53 Å². The van der Waals surface area contributed by atoms with Crippen LogP contribution in [0.2, 0.25) is 0 Å². The van der Waals surface area contributed by atoms with E-state index in [0.29, 0.717) is 0 Å². The summed E-state index contributed by atoms with van der Waals surface area (Å²) in [6, 6.07) is 0. The molecule has 3 nitrogen and oxygen atoms in total. The third-order valence-electron chi connectivity index (χ3n) is 0. The van der Waals surface area contributed by atoms with Gasteiger partial charge in [0.05, 0.1) is 0 Å². The number of rotatable bonds is 0. The number of nitrogens with one attached hydrogen (secondary N) is 1. The van der Waals surface area contributed by atoms with E-state index in [1.54, 1.807) is 4.91 Å². The molecule has 0 fully saturated rings. The maximum atomic E-state index is 6.86. The van der Waals surface area contributed by atoms with Gasteiger partial charge in [0.2, 0.25) is 0 Å². The molecule has 0 rings (SSSR count). The van der Waals surface area contributed by atoms with E-state index in [9.17, 15) is 0 Å². The van der Waals surface area contributed by atoms with E-state index in [-0.39, 0.29) is 58.3 Å². The molecular formula is H4N3NaPb. The average Bonchev–Trinajstić information content (AvgIpc) is 0.918. The molecule has 1 N–H and O–H groups in total. The molecule has 0 bridgehead atoms.